The molecule has 1 aromatic rings. The SMILES string of the molecule is CCc1c2c(cc(Cl)c1C(N)CCC(=O)O)OCO2. The van der Waals surface area contributed by atoms with Crippen molar-refractivity contribution >= 4 is 17.6 Å². The fourth-order valence-corrected chi connectivity index (χ4v) is 2.62. The van der Waals surface area contributed by atoms with Gasteiger partial charge in [0.25, 0.3) is 0 Å². The number of rotatable bonds is 5. The van der Waals surface area contributed by atoms with Gasteiger partial charge in [-0.05, 0) is 18.4 Å². The molecule has 104 valence electrons. The molecule has 6 heteroatoms. The van der Waals surface area contributed by atoms with E-state index in [9.17, 15) is 4.79 Å². The number of hydrogen-bond donors (Lipinski definition) is 2. The lowest BCUT2D eigenvalue weighted by Crippen LogP contribution is -2.15. The minimum atomic E-state index is -0.870. The van der Waals surface area contributed by atoms with E-state index in [0.29, 0.717) is 29.4 Å². The molecule has 0 saturated carbocycles. The van der Waals surface area contributed by atoms with Gasteiger partial charge in [0.15, 0.2) is 11.5 Å². The average molecular weight is 286 g/mol. The third kappa shape index (κ3) is 2.77. The van der Waals surface area contributed by atoms with Gasteiger partial charge in [0.1, 0.15) is 0 Å². The molecule has 0 bridgehead atoms. The number of carboxylic acid groups (broad SMARTS) is 1. The monoisotopic (exact) mass is 285 g/mol. The molecule has 0 aliphatic carbocycles. The molecular weight excluding hydrogens is 270 g/mol. The lowest BCUT2D eigenvalue weighted by Gasteiger charge is -2.18. The average Bonchev–Trinajstić information content (AvgIpc) is 2.81. The number of fused-ring (bicyclic) bond motifs is 1. The van der Waals surface area contributed by atoms with Crippen molar-refractivity contribution in [2.24, 2.45) is 5.73 Å². The van der Waals surface area contributed by atoms with Gasteiger partial charge in [-0.15, -0.1) is 0 Å². The first kappa shape index (κ1) is 14.0. The van der Waals surface area contributed by atoms with Gasteiger partial charge in [-0.25, -0.2) is 0 Å². The van der Waals surface area contributed by atoms with Crippen LogP contribution in [0.4, 0.5) is 0 Å². The van der Waals surface area contributed by atoms with Crippen molar-refractivity contribution in [3.8, 4) is 11.5 Å². The minimum absolute atomic E-state index is 0.00902. The van der Waals surface area contributed by atoms with E-state index in [4.69, 9.17) is 31.9 Å². The molecule has 1 aromatic carbocycles. The lowest BCUT2D eigenvalue weighted by molar-refractivity contribution is -0.137. The molecule has 0 fully saturated rings. The Morgan fingerprint density at radius 1 is 1.58 bits per heavy atom. The van der Waals surface area contributed by atoms with E-state index in [1.54, 1.807) is 6.07 Å². The third-order valence-electron chi connectivity index (χ3n) is 3.15. The highest BCUT2D eigenvalue weighted by Gasteiger charge is 2.25. The number of benzene rings is 1. The number of ether oxygens (including phenoxy) is 2. The molecule has 1 unspecified atom stereocenters. The summed E-state index contributed by atoms with van der Waals surface area (Å²) in [4.78, 5) is 10.6. The Morgan fingerprint density at radius 2 is 2.32 bits per heavy atom. The predicted molar refractivity (Wildman–Crippen MR) is 70.8 cm³/mol. The summed E-state index contributed by atoms with van der Waals surface area (Å²) >= 11 is 6.24. The molecule has 1 aliphatic rings. The zero-order chi connectivity index (χ0) is 14.0. The molecular formula is C13H16ClNO4. The predicted octanol–water partition coefficient (Wildman–Crippen LogP) is 2.50. The van der Waals surface area contributed by atoms with Crippen LogP contribution in [0.25, 0.3) is 0 Å². The van der Waals surface area contributed by atoms with Crippen LogP contribution in [0, 0.1) is 0 Å². The first-order valence-corrected chi connectivity index (χ1v) is 6.50. The van der Waals surface area contributed by atoms with Crippen molar-refractivity contribution in [3.63, 3.8) is 0 Å². The molecule has 1 heterocycles. The van der Waals surface area contributed by atoms with Crippen LogP contribution in [-0.2, 0) is 11.2 Å². The molecule has 0 saturated heterocycles. The normalized spacial score (nSPS) is 14.5. The van der Waals surface area contributed by atoms with Crippen LogP contribution in [0.5, 0.6) is 11.5 Å². The van der Waals surface area contributed by atoms with Gasteiger partial charge < -0.3 is 20.3 Å². The highest BCUT2D eigenvalue weighted by atomic mass is 35.5. The van der Waals surface area contributed by atoms with E-state index in [2.05, 4.69) is 0 Å². The van der Waals surface area contributed by atoms with Gasteiger partial charge in [-0.3, -0.25) is 4.79 Å². The Hall–Kier alpha value is -1.46. The molecule has 0 spiro atoms. The summed E-state index contributed by atoms with van der Waals surface area (Å²) in [6.07, 6.45) is 1.04. The molecule has 5 nitrogen and oxygen atoms in total. The van der Waals surface area contributed by atoms with Crippen LogP contribution >= 0.6 is 11.6 Å². The molecule has 3 N–H and O–H groups in total. The van der Waals surface area contributed by atoms with Gasteiger partial charge in [0.05, 0.1) is 0 Å². The summed E-state index contributed by atoms with van der Waals surface area (Å²) in [5.74, 6) is 0.425. The first-order valence-electron chi connectivity index (χ1n) is 6.12. The Morgan fingerprint density at radius 3 is 2.95 bits per heavy atom. The van der Waals surface area contributed by atoms with Crippen LogP contribution in [0.1, 0.15) is 36.9 Å². The Balaban J connectivity index is 2.36. The van der Waals surface area contributed by atoms with E-state index >= 15 is 0 Å². The molecule has 0 aromatic heterocycles. The highest BCUT2D eigenvalue weighted by molar-refractivity contribution is 6.31. The first-order chi connectivity index (χ1) is 9.04. The van der Waals surface area contributed by atoms with Crippen molar-refractivity contribution in [2.75, 3.05) is 6.79 Å². The van der Waals surface area contributed by atoms with Gasteiger partial charge in [0, 0.05) is 29.1 Å². The lowest BCUT2D eigenvalue weighted by atomic mass is 9.94. The smallest absolute Gasteiger partial charge is 0.303 e. The topological polar surface area (TPSA) is 81.8 Å². The molecule has 19 heavy (non-hydrogen) atoms. The van der Waals surface area contributed by atoms with Crippen LogP contribution in [0.15, 0.2) is 6.07 Å². The van der Waals surface area contributed by atoms with E-state index < -0.39 is 12.0 Å². The second-order valence-electron chi connectivity index (χ2n) is 4.38. The van der Waals surface area contributed by atoms with Crippen molar-refractivity contribution in [2.45, 2.75) is 32.2 Å². The number of hydrogen-bond acceptors (Lipinski definition) is 4. The second kappa shape index (κ2) is 5.67. The van der Waals surface area contributed by atoms with Gasteiger partial charge in [-0.2, -0.15) is 0 Å². The number of halogens is 1. The highest BCUT2D eigenvalue weighted by Crippen LogP contribution is 2.43. The van der Waals surface area contributed by atoms with Gasteiger partial charge in [0.2, 0.25) is 6.79 Å². The Kier molecular flexibility index (Phi) is 4.17. The summed E-state index contributed by atoms with van der Waals surface area (Å²) in [7, 11) is 0. The summed E-state index contributed by atoms with van der Waals surface area (Å²) in [5.41, 5.74) is 7.73. The summed E-state index contributed by atoms with van der Waals surface area (Å²) in [5, 5.41) is 9.23. The summed E-state index contributed by atoms with van der Waals surface area (Å²) in [6.45, 7) is 2.15. The molecule has 0 amide bonds. The van der Waals surface area contributed by atoms with Crippen molar-refractivity contribution in [1.82, 2.24) is 0 Å². The summed E-state index contributed by atoms with van der Waals surface area (Å²) < 4.78 is 10.8. The largest absolute Gasteiger partial charge is 0.481 e. The van der Waals surface area contributed by atoms with E-state index in [0.717, 1.165) is 11.1 Å². The maximum atomic E-state index is 10.6. The molecule has 2 rings (SSSR count). The summed E-state index contributed by atoms with van der Waals surface area (Å²) in [6, 6.07) is 1.26. The zero-order valence-corrected chi connectivity index (χ0v) is 11.4. The standard InChI is InChI=1S/C13H16ClNO4/c1-2-7-12(9(15)3-4-11(16)17)8(14)5-10-13(7)19-6-18-10/h5,9H,2-4,6,15H2,1H3,(H,16,17). The van der Waals surface area contributed by atoms with Crippen molar-refractivity contribution < 1.29 is 19.4 Å². The third-order valence-corrected chi connectivity index (χ3v) is 3.46. The van der Waals surface area contributed by atoms with Crippen LogP contribution in [-0.4, -0.2) is 17.9 Å². The molecule has 0 radical (unpaired) electrons. The maximum absolute atomic E-state index is 10.6. The Bertz CT molecular complexity index is 504. The number of nitrogens with two attached hydrogens (primary N) is 1. The maximum Gasteiger partial charge on any atom is 0.303 e. The fraction of sp³-hybridized carbons (Fsp3) is 0.462. The van der Waals surface area contributed by atoms with E-state index in [-0.39, 0.29) is 13.2 Å². The Labute approximate surface area is 116 Å². The quantitative estimate of drug-likeness (QED) is 0.868. The van der Waals surface area contributed by atoms with Crippen LogP contribution in [0.3, 0.4) is 0 Å². The van der Waals surface area contributed by atoms with E-state index in [1.165, 1.54) is 0 Å². The van der Waals surface area contributed by atoms with Crippen LogP contribution in [0.2, 0.25) is 5.02 Å². The fourth-order valence-electron chi connectivity index (χ4n) is 2.27. The second-order valence-corrected chi connectivity index (χ2v) is 4.78. The minimum Gasteiger partial charge on any atom is -0.481 e. The number of carboxylic acids is 1. The molecule has 1 aliphatic heterocycles. The zero-order valence-electron chi connectivity index (χ0n) is 10.6. The number of carbonyl (C=O) groups is 1. The van der Waals surface area contributed by atoms with Crippen LogP contribution < -0.4 is 15.2 Å². The van der Waals surface area contributed by atoms with Gasteiger partial charge >= 0.3 is 5.97 Å². The van der Waals surface area contributed by atoms with E-state index in [1.807, 2.05) is 6.92 Å². The number of aliphatic carboxylic acids is 1. The van der Waals surface area contributed by atoms with Crippen molar-refractivity contribution in [3.05, 3.63) is 22.2 Å². The van der Waals surface area contributed by atoms with Crippen molar-refractivity contribution in [1.29, 1.82) is 0 Å². The van der Waals surface area contributed by atoms with Gasteiger partial charge in [-0.1, -0.05) is 18.5 Å². The molecule has 1 atom stereocenters.